The molecule has 2 aromatic heterocycles. The Morgan fingerprint density at radius 2 is 2.10 bits per heavy atom. The van der Waals surface area contributed by atoms with Crippen LogP contribution in [0.15, 0.2) is 42.7 Å². The summed E-state index contributed by atoms with van der Waals surface area (Å²) in [5.74, 6) is 0.871. The molecule has 0 radical (unpaired) electrons. The van der Waals surface area contributed by atoms with E-state index in [-0.39, 0.29) is 11.8 Å². The van der Waals surface area contributed by atoms with Crippen LogP contribution in [0.3, 0.4) is 0 Å². The van der Waals surface area contributed by atoms with E-state index in [1.165, 1.54) is 0 Å². The quantitative estimate of drug-likeness (QED) is 0.874. The lowest BCUT2D eigenvalue weighted by Gasteiger charge is -2.07. The standard InChI is InChI=1S/C15H16N4O/c20-15(11-4-5-11)19-14-7-6-13(10-18-14)17-9-12-3-1-2-8-16-12/h1-3,6-8,10-11,17H,4-5,9H2,(H,18,19,20). The lowest BCUT2D eigenvalue weighted by atomic mass is 10.3. The maximum Gasteiger partial charge on any atom is 0.228 e. The van der Waals surface area contributed by atoms with E-state index in [1.807, 2.05) is 24.3 Å². The number of carbonyl (C=O) groups is 1. The number of pyridine rings is 2. The molecule has 1 fully saturated rings. The molecule has 0 aromatic carbocycles. The Morgan fingerprint density at radius 3 is 2.75 bits per heavy atom. The average molecular weight is 268 g/mol. The lowest BCUT2D eigenvalue weighted by Crippen LogP contribution is -2.14. The molecule has 20 heavy (non-hydrogen) atoms. The van der Waals surface area contributed by atoms with Gasteiger partial charge in [0.05, 0.1) is 24.1 Å². The first-order chi connectivity index (χ1) is 9.81. The van der Waals surface area contributed by atoms with Crippen molar-refractivity contribution in [3.05, 3.63) is 48.4 Å². The van der Waals surface area contributed by atoms with Crippen LogP contribution in [0, 0.1) is 5.92 Å². The van der Waals surface area contributed by atoms with Crippen molar-refractivity contribution in [2.24, 2.45) is 5.92 Å². The van der Waals surface area contributed by atoms with E-state index >= 15 is 0 Å². The number of hydrogen-bond donors (Lipinski definition) is 2. The Labute approximate surface area is 117 Å². The fraction of sp³-hybridized carbons (Fsp3) is 0.267. The van der Waals surface area contributed by atoms with E-state index in [0.717, 1.165) is 24.2 Å². The number of anilines is 2. The normalized spacial score (nSPS) is 13.8. The molecule has 0 saturated heterocycles. The second kappa shape index (κ2) is 5.69. The average Bonchev–Trinajstić information content (AvgIpc) is 3.32. The molecule has 1 aliphatic rings. The van der Waals surface area contributed by atoms with E-state index in [1.54, 1.807) is 18.5 Å². The van der Waals surface area contributed by atoms with Gasteiger partial charge in [0.25, 0.3) is 0 Å². The van der Waals surface area contributed by atoms with Crippen molar-refractivity contribution in [3.63, 3.8) is 0 Å². The largest absolute Gasteiger partial charge is 0.378 e. The first-order valence-corrected chi connectivity index (χ1v) is 6.72. The van der Waals surface area contributed by atoms with E-state index in [0.29, 0.717) is 12.4 Å². The minimum absolute atomic E-state index is 0.0756. The van der Waals surface area contributed by atoms with Gasteiger partial charge in [0.1, 0.15) is 5.82 Å². The third-order valence-electron chi connectivity index (χ3n) is 3.16. The van der Waals surface area contributed by atoms with Crippen molar-refractivity contribution < 1.29 is 4.79 Å². The predicted octanol–water partition coefficient (Wildman–Crippen LogP) is 2.44. The number of nitrogens with one attached hydrogen (secondary N) is 2. The van der Waals surface area contributed by atoms with Gasteiger partial charge in [-0.2, -0.15) is 0 Å². The zero-order chi connectivity index (χ0) is 13.8. The number of rotatable bonds is 5. The van der Waals surface area contributed by atoms with E-state index in [4.69, 9.17) is 0 Å². The zero-order valence-electron chi connectivity index (χ0n) is 11.0. The monoisotopic (exact) mass is 268 g/mol. The molecule has 1 amide bonds. The summed E-state index contributed by atoms with van der Waals surface area (Å²) in [6.45, 7) is 0.649. The van der Waals surface area contributed by atoms with Crippen LogP contribution < -0.4 is 10.6 Å². The number of nitrogens with zero attached hydrogens (tertiary/aromatic N) is 2. The highest BCUT2D eigenvalue weighted by molar-refractivity contribution is 5.93. The first-order valence-electron chi connectivity index (χ1n) is 6.72. The van der Waals surface area contributed by atoms with Crippen molar-refractivity contribution in [1.29, 1.82) is 0 Å². The van der Waals surface area contributed by atoms with Crippen LogP contribution in [-0.4, -0.2) is 15.9 Å². The molecule has 0 bridgehead atoms. The fourth-order valence-corrected chi connectivity index (χ4v) is 1.84. The Kier molecular flexibility index (Phi) is 3.58. The van der Waals surface area contributed by atoms with Gasteiger partial charge in [0.15, 0.2) is 0 Å². The molecule has 0 unspecified atom stereocenters. The number of carbonyl (C=O) groups excluding carboxylic acids is 1. The zero-order valence-corrected chi connectivity index (χ0v) is 11.0. The van der Waals surface area contributed by atoms with Crippen molar-refractivity contribution in [2.45, 2.75) is 19.4 Å². The lowest BCUT2D eigenvalue weighted by molar-refractivity contribution is -0.117. The Morgan fingerprint density at radius 1 is 1.20 bits per heavy atom. The summed E-state index contributed by atoms with van der Waals surface area (Å²) in [7, 11) is 0. The van der Waals surface area contributed by atoms with Crippen molar-refractivity contribution in [1.82, 2.24) is 9.97 Å². The van der Waals surface area contributed by atoms with Crippen LogP contribution >= 0.6 is 0 Å². The van der Waals surface area contributed by atoms with Crippen LogP contribution in [0.2, 0.25) is 0 Å². The molecular weight excluding hydrogens is 252 g/mol. The second-order valence-electron chi connectivity index (χ2n) is 4.87. The highest BCUT2D eigenvalue weighted by Crippen LogP contribution is 2.29. The fourth-order valence-electron chi connectivity index (χ4n) is 1.84. The molecule has 0 atom stereocenters. The van der Waals surface area contributed by atoms with E-state index < -0.39 is 0 Å². The van der Waals surface area contributed by atoms with E-state index in [9.17, 15) is 4.79 Å². The second-order valence-corrected chi connectivity index (χ2v) is 4.87. The van der Waals surface area contributed by atoms with Gasteiger partial charge in [-0.1, -0.05) is 6.07 Å². The molecule has 5 heteroatoms. The maximum absolute atomic E-state index is 11.6. The number of aromatic nitrogens is 2. The minimum atomic E-state index is 0.0756. The van der Waals surface area contributed by atoms with Crippen molar-refractivity contribution >= 4 is 17.4 Å². The number of hydrogen-bond acceptors (Lipinski definition) is 4. The minimum Gasteiger partial charge on any atom is -0.378 e. The third kappa shape index (κ3) is 3.32. The molecule has 0 spiro atoms. The van der Waals surface area contributed by atoms with Crippen LogP contribution in [-0.2, 0) is 11.3 Å². The maximum atomic E-state index is 11.6. The van der Waals surface area contributed by atoms with Gasteiger partial charge in [0.2, 0.25) is 5.91 Å². The molecule has 2 aromatic rings. The molecule has 2 heterocycles. The van der Waals surface area contributed by atoms with Gasteiger partial charge in [0, 0.05) is 12.1 Å². The summed E-state index contributed by atoms with van der Waals surface area (Å²) >= 11 is 0. The Hall–Kier alpha value is -2.43. The van der Waals surface area contributed by atoms with Gasteiger partial charge >= 0.3 is 0 Å². The first kappa shape index (κ1) is 12.6. The SMILES string of the molecule is O=C(Nc1ccc(NCc2ccccn2)cn1)C1CC1. The molecule has 5 nitrogen and oxygen atoms in total. The molecule has 1 aliphatic carbocycles. The summed E-state index contributed by atoms with van der Waals surface area (Å²) in [6.07, 6.45) is 5.47. The molecule has 3 rings (SSSR count). The topological polar surface area (TPSA) is 66.9 Å². The van der Waals surface area contributed by atoms with Crippen LogP contribution in [0.1, 0.15) is 18.5 Å². The predicted molar refractivity (Wildman–Crippen MR) is 77.2 cm³/mol. The van der Waals surface area contributed by atoms with Gasteiger partial charge in [-0.25, -0.2) is 4.98 Å². The van der Waals surface area contributed by atoms with Crippen LogP contribution in [0.25, 0.3) is 0 Å². The van der Waals surface area contributed by atoms with Gasteiger partial charge in [-0.15, -0.1) is 0 Å². The summed E-state index contributed by atoms with van der Waals surface area (Å²) in [6, 6.07) is 9.52. The number of amides is 1. The van der Waals surface area contributed by atoms with Crippen molar-refractivity contribution in [3.8, 4) is 0 Å². The van der Waals surface area contributed by atoms with Crippen LogP contribution in [0.4, 0.5) is 11.5 Å². The third-order valence-corrected chi connectivity index (χ3v) is 3.16. The summed E-state index contributed by atoms with van der Waals surface area (Å²) < 4.78 is 0. The van der Waals surface area contributed by atoms with Crippen molar-refractivity contribution in [2.75, 3.05) is 10.6 Å². The molecule has 0 aliphatic heterocycles. The van der Waals surface area contributed by atoms with Gasteiger partial charge in [-0.05, 0) is 37.1 Å². The summed E-state index contributed by atoms with van der Waals surface area (Å²) in [5.41, 5.74) is 1.87. The van der Waals surface area contributed by atoms with Gasteiger partial charge < -0.3 is 10.6 Å². The molecule has 1 saturated carbocycles. The molecule has 2 N–H and O–H groups in total. The molecular formula is C15H16N4O. The highest BCUT2D eigenvalue weighted by atomic mass is 16.2. The smallest absolute Gasteiger partial charge is 0.228 e. The Balaban J connectivity index is 1.54. The highest BCUT2D eigenvalue weighted by Gasteiger charge is 2.29. The van der Waals surface area contributed by atoms with Crippen LogP contribution in [0.5, 0.6) is 0 Å². The Bertz CT molecular complexity index is 579. The van der Waals surface area contributed by atoms with Gasteiger partial charge in [-0.3, -0.25) is 9.78 Å². The van der Waals surface area contributed by atoms with E-state index in [2.05, 4.69) is 20.6 Å². The summed E-state index contributed by atoms with van der Waals surface area (Å²) in [5, 5.41) is 6.05. The molecule has 102 valence electrons. The summed E-state index contributed by atoms with van der Waals surface area (Å²) in [4.78, 5) is 20.1.